The van der Waals surface area contributed by atoms with Gasteiger partial charge >= 0.3 is 0 Å². The SMILES string of the molecule is C#C[C@H](C)O[C@@H]1C[C@H]2[C@H]3CC[C@@](C)([C@H]2O1)C3(C)C. The molecule has 3 aliphatic rings. The van der Waals surface area contributed by atoms with Gasteiger partial charge in [0.1, 0.15) is 6.10 Å². The van der Waals surface area contributed by atoms with Crippen molar-refractivity contribution in [1.82, 2.24) is 0 Å². The van der Waals surface area contributed by atoms with Gasteiger partial charge < -0.3 is 9.47 Å². The summed E-state index contributed by atoms with van der Waals surface area (Å²) in [6.45, 7) is 9.17. The maximum Gasteiger partial charge on any atom is 0.160 e. The van der Waals surface area contributed by atoms with Crippen molar-refractivity contribution < 1.29 is 9.47 Å². The molecule has 6 atom stereocenters. The molecule has 0 radical (unpaired) electrons. The minimum absolute atomic E-state index is 0.0814. The maximum absolute atomic E-state index is 6.21. The van der Waals surface area contributed by atoms with Crippen LogP contribution < -0.4 is 0 Å². The Morgan fingerprint density at radius 3 is 2.72 bits per heavy atom. The van der Waals surface area contributed by atoms with E-state index in [1.165, 1.54) is 12.8 Å². The Morgan fingerprint density at radius 2 is 2.11 bits per heavy atom. The molecule has 0 aromatic rings. The van der Waals surface area contributed by atoms with Gasteiger partial charge in [-0.1, -0.05) is 26.7 Å². The summed E-state index contributed by atoms with van der Waals surface area (Å²) < 4.78 is 12.0. The number of hydrogen-bond acceptors (Lipinski definition) is 2. The standard InChI is InChI=1S/C16H24O2/c1-6-10(2)17-13-9-11-12-7-8-16(5,14(11)18-13)15(12,3)4/h1,10-14H,7-9H2,2-5H3/t10-,11-,12+,13-,14-,16-/m0/s1. The molecule has 2 nitrogen and oxygen atoms in total. The third-order valence-electron chi connectivity index (χ3n) is 6.26. The highest BCUT2D eigenvalue weighted by molar-refractivity contribution is 5.16. The average Bonchev–Trinajstić information content (AvgIpc) is 2.85. The normalized spacial score (nSPS) is 49.9. The number of rotatable bonds is 2. The van der Waals surface area contributed by atoms with Crippen LogP contribution in [0.4, 0.5) is 0 Å². The van der Waals surface area contributed by atoms with Crippen LogP contribution in [0, 0.1) is 35.0 Å². The van der Waals surface area contributed by atoms with Gasteiger partial charge in [-0.15, -0.1) is 6.42 Å². The summed E-state index contributed by atoms with van der Waals surface area (Å²) in [5.41, 5.74) is 0.727. The summed E-state index contributed by atoms with van der Waals surface area (Å²) in [7, 11) is 0. The average molecular weight is 248 g/mol. The van der Waals surface area contributed by atoms with Gasteiger partial charge in [0.2, 0.25) is 0 Å². The molecular weight excluding hydrogens is 224 g/mol. The first-order valence-corrected chi connectivity index (χ1v) is 7.17. The van der Waals surface area contributed by atoms with Gasteiger partial charge in [-0.2, -0.15) is 0 Å². The van der Waals surface area contributed by atoms with Gasteiger partial charge in [-0.25, -0.2) is 0 Å². The first-order valence-electron chi connectivity index (χ1n) is 7.17. The summed E-state index contributed by atoms with van der Waals surface area (Å²) in [6, 6.07) is 0. The summed E-state index contributed by atoms with van der Waals surface area (Å²) in [5.74, 6) is 4.09. The molecule has 3 rings (SSSR count). The van der Waals surface area contributed by atoms with Gasteiger partial charge in [-0.05, 0) is 42.4 Å². The number of terminal acetylenes is 1. The number of ether oxygens (including phenoxy) is 2. The van der Waals surface area contributed by atoms with Crippen molar-refractivity contribution in [1.29, 1.82) is 0 Å². The zero-order valence-electron chi connectivity index (χ0n) is 11.9. The van der Waals surface area contributed by atoms with Gasteiger partial charge in [-0.3, -0.25) is 0 Å². The Balaban J connectivity index is 1.77. The predicted octanol–water partition coefficient (Wildman–Crippen LogP) is 3.21. The van der Waals surface area contributed by atoms with E-state index in [9.17, 15) is 0 Å². The zero-order chi connectivity index (χ0) is 13.1. The highest BCUT2D eigenvalue weighted by Crippen LogP contribution is 2.71. The van der Waals surface area contributed by atoms with E-state index < -0.39 is 0 Å². The van der Waals surface area contributed by atoms with E-state index in [-0.39, 0.29) is 12.4 Å². The van der Waals surface area contributed by atoms with Crippen LogP contribution in [-0.4, -0.2) is 18.5 Å². The van der Waals surface area contributed by atoms with Crippen LogP contribution in [0.3, 0.4) is 0 Å². The molecule has 0 unspecified atom stereocenters. The molecule has 0 spiro atoms. The lowest BCUT2D eigenvalue weighted by Crippen LogP contribution is -2.38. The molecule has 3 fully saturated rings. The van der Waals surface area contributed by atoms with Gasteiger partial charge in [0.25, 0.3) is 0 Å². The Labute approximate surface area is 110 Å². The molecule has 1 heterocycles. The van der Waals surface area contributed by atoms with E-state index in [2.05, 4.69) is 26.7 Å². The molecule has 0 aromatic heterocycles. The third kappa shape index (κ3) is 1.38. The van der Waals surface area contributed by atoms with Gasteiger partial charge in [0.15, 0.2) is 6.29 Å². The molecule has 2 saturated carbocycles. The smallest absolute Gasteiger partial charge is 0.160 e. The topological polar surface area (TPSA) is 18.5 Å². The molecule has 2 heteroatoms. The molecule has 18 heavy (non-hydrogen) atoms. The fraction of sp³-hybridized carbons (Fsp3) is 0.875. The second kappa shape index (κ2) is 3.74. The molecule has 0 N–H and O–H groups in total. The molecule has 1 saturated heterocycles. The summed E-state index contributed by atoms with van der Waals surface area (Å²) in [6.07, 6.45) is 9.20. The minimum Gasteiger partial charge on any atom is -0.348 e. The van der Waals surface area contributed by atoms with E-state index in [0.717, 1.165) is 12.3 Å². The monoisotopic (exact) mass is 248 g/mol. The van der Waals surface area contributed by atoms with Crippen molar-refractivity contribution in [3.8, 4) is 12.3 Å². The predicted molar refractivity (Wildman–Crippen MR) is 70.8 cm³/mol. The van der Waals surface area contributed by atoms with E-state index in [1.807, 2.05) is 6.92 Å². The number of hydrogen-bond donors (Lipinski definition) is 0. The van der Waals surface area contributed by atoms with Crippen LogP contribution in [0.5, 0.6) is 0 Å². The first-order chi connectivity index (χ1) is 8.40. The second-order valence-electron chi connectivity index (χ2n) is 7.12. The second-order valence-corrected chi connectivity index (χ2v) is 7.12. The highest BCUT2D eigenvalue weighted by Gasteiger charge is 2.69. The third-order valence-corrected chi connectivity index (χ3v) is 6.26. The van der Waals surface area contributed by atoms with Crippen LogP contribution in [-0.2, 0) is 9.47 Å². The van der Waals surface area contributed by atoms with Crippen molar-refractivity contribution >= 4 is 0 Å². The molecule has 100 valence electrons. The van der Waals surface area contributed by atoms with Crippen molar-refractivity contribution in [2.24, 2.45) is 22.7 Å². The van der Waals surface area contributed by atoms with Crippen LogP contribution in [0.2, 0.25) is 0 Å². The van der Waals surface area contributed by atoms with E-state index in [0.29, 0.717) is 22.9 Å². The largest absolute Gasteiger partial charge is 0.348 e. The van der Waals surface area contributed by atoms with E-state index >= 15 is 0 Å². The Hall–Kier alpha value is -0.520. The lowest BCUT2D eigenvalue weighted by atomic mass is 9.70. The van der Waals surface area contributed by atoms with Gasteiger partial charge in [0, 0.05) is 6.42 Å². The van der Waals surface area contributed by atoms with Crippen molar-refractivity contribution in [3.05, 3.63) is 0 Å². The Kier molecular flexibility index (Phi) is 2.60. The Morgan fingerprint density at radius 1 is 1.39 bits per heavy atom. The molecule has 2 aliphatic carbocycles. The lowest BCUT2D eigenvalue weighted by molar-refractivity contribution is -0.173. The summed E-state index contributed by atoms with van der Waals surface area (Å²) in [4.78, 5) is 0. The summed E-state index contributed by atoms with van der Waals surface area (Å²) in [5, 5.41) is 0. The van der Waals surface area contributed by atoms with Crippen molar-refractivity contribution in [2.75, 3.05) is 0 Å². The fourth-order valence-electron chi connectivity index (χ4n) is 4.84. The van der Waals surface area contributed by atoms with E-state index in [1.54, 1.807) is 0 Å². The van der Waals surface area contributed by atoms with Crippen LogP contribution in [0.15, 0.2) is 0 Å². The highest BCUT2D eigenvalue weighted by atomic mass is 16.7. The first kappa shape index (κ1) is 12.5. The van der Waals surface area contributed by atoms with Crippen molar-refractivity contribution in [3.63, 3.8) is 0 Å². The molecule has 1 aliphatic heterocycles. The van der Waals surface area contributed by atoms with Crippen LogP contribution in [0.25, 0.3) is 0 Å². The van der Waals surface area contributed by atoms with E-state index in [4.69, 9.17) is 15.9 Å². The molecule has 2 bridgehead atoms. The molecule has 0 amide bonds. The molecular formula is C16H24O2. The van der Waals surface area contributed by atoms with Crippen LogP contribution >= 0.6 is 0 Å². The quantitative estimate of drug-likeness (QED) is 0.699. The Bertz CT molecular complexity index is 394. The van der Waals surface area contributed by atoms with Crippen molar-refractivity contribution in [2.45, 2.75) is 65.5 Å². The fourth-order valence-corrected chi connectivity index (χ4v) is 4.84. The maximum atomic E-state index is 6.21. The van der Waals surface area contributed by atoms with Gasteiger partial charge in [0.05, 0.1) is 6.10 Å². The van der Waals surface area contributed by atoms with Crippen LogP contribution in [0.1, 0.15) is 47.0 Å². The lowest BCUT2D eigenvalue weighted by Gasteiger charge is -2.38. The zero-order valence-corrected chi connectivity index (χ0v) is 11.9. The number of fused-ring (bicyclic) bond motifs is 5. The summed E-state index contributed by atoms with van der Waals surface area (Å²) >= 11 is 0. The minimum atomic E-state index is -0.146. The molecule has 0 aromatic carbocycles.